The summed E-state index contributed by atoms with van der Waals surface area (Å²) in [5.74, 6) is -0.440. The number of nitro benzene ring substituents is 1. The number of methoxy groups -OCH3 is 1. The van der Waals surface area contributed by atoms with Gasteiger partial charge in [-0.25, -0.2) is 0 Å². The summed E-state index contributed by atoms with van der Waals surface area (Å²) < 4.78 is 12.7. The van der Waals surface area contributed by atoms with E-state index in [4.69, 9.17) is 9.47 Å². The molecule has 5 aromatic carbocycles. The SMILES string of the molecule is COc1ccc([Si](C)(C)[C@H]2[C@H](CC(=O)N(CCO)Cc3ccccc3)O[C@@]3(C(=O)N(Cc4cccc(N5C(=O)CCc6ccccc65)c4)c4ccc([N+](=O)[O-])cc43)[C@@H]2C)cc1. The third-order valence-corrected chi connectivity index (χ3v) is 17.3. The summed E-state index contributed by atoms with van der Waals surface area (Å²) in [7, 11) is -1.07. The molecule has 12 nitrogen and oxygen atoms in total. The highest BCUT2D eigenvalue weighted by atomic mass is 28.3. The van der Waals surface area contributed by atoms with Gasteiger partial charge in [0, 0.05) is 48.8 Å². The number of hydrogen-bond donors (Lipinski definition) is 1. The smallest absolute Gasteiger partial charge is 0.269 e. The van der Waals surface area contributed by atoms with E-state index in [1.54, 1.807) is 27.9 Å². The highest BCUT2D eigenvalue weighted by Gasteiger charge is 2.67. The van der Waals surface area contributed by atoms with E-state index in [1.165, 1.54) is 12.1 Å². The minimum Gasteiger partial charge on any atom is -0.497 e. The van der Waals surface area contributed by atoms with Crippen LogP contribution in [0.5, 0.6) is 5.75 Å². The molecule has 13 heteroatoms. The summed E-state index contributed by atoms with van der Waals surface area (Å²) in [6.45, 7) is 6.67. The molecule has 0 unspecified atom stereocenters. The zero-order chi connectivity index (χ0) is 43.1. The molecular weight excluding hydrogens is 789 g/mol. The number of nitrogens with zero attached hydrogens (tertiary/aromatic N) is 4. The monoisotopic (exact) mass is 838 g/mol. The number of amides is 3. The molecule has 1 fully saturated rings. The number of para-hydroxylation sites is 1. The lowest BCUT2D eigenvalue weighted by Gasteiger charge is -2.37. The van der Waals surface area contributed by atoms with Crippen LogP contribution in [0.2, 0.25) is 18.6 Å². The van der Waals surface area contributed by atoms with Crippen molar-refractivity contribution in [3.8, 4) is 5.75 Å². The molecule has 0 aliphatic carbocycles. The van der Waals surface area contributed by atoms with E-state index in [0.29, 0.717) is 35.5 Å². The van der Waals surface area contributed by atoms with Crippen molar-refractivity contribution >= 4 is 53.7 Å². The number of rotatable bonds is 13. The summed E-state index contributed by atoms with van der Waals surface area (Å²) in [4.78, 5) is 60.2. The fourth-order valence-corrected chi connectivity index (χ4v) is 14.0. The lowest BCUT2D eigenvalue weighted by molar-refractivity contribution is -0.385. The van der Waals surface area contributed by atoms with Gasteiger partial charge >= 0.3 is 0 Å². The zero-order valence-electron chi connectivity index (χ0n) is 34.8. The van der Waals surface area contributed by atoms with Crippen LogP contribution in [0, 0.1) is 16.0 Å². The number of ether oxygens (including phenoxy) is 2. The number of anilines is 3. The maximum atomic E-state index is 15.5. The molecular formula is C48H50N4O8Si. The van der Waals surface area contributed by atoms with E-state index < -0.39 is 30.6 Å². The molecule has 4 atom stereocenters. The van der Waals surface area contributed by atoms with Crippen LogP contribution < -0.4 is 19.7 Å². The van der Waals surface area contributed by atoms with Gasteiger partial charge in [-0.1, -0.05) is 98.0 Å². The van der Waals surface area contributed by atoms with E-state index in [2.05, 4.69) is 13.1 Å². The fourth-order valence-electron chi connectivity index (χ4n) is 9.98. The number of carbonyl (C=O) groups excluding carboxylic acids is 3. The second-order valence-corrected chi connectivity index (χ2v) is 21.5. The van der Waals surface area contributed by atoms with Crippen molar-refractivity contribution in [2.75, 3.05) is 30.1 Å². The molecule has 0 bridgehead atoms. The topological polar surface area (TPSA) is 143 Å². The fraction of sp³-hybridized carbons (Fsp3) is 0.312. The van der Waals surface area contributed by atoms with Crippen molar-refractivity contribution in [2.45, 2.75) is 69.6 Å². The Morgan fingerprint density at radius 1 is 0.918 bits per heavy atom. The van der Waals surface area contributed by atoms with Gasteiger partial charge in [0.2, 0.25) is 11.8 Å². The highest BCUT2D eigenvalue weighted by molar-refractivity contribution is 6.91. The molecule has 1 N–H and O–H groups in total. The Balaban J connectivity index is 1.20. The van der Waals surface area contributed by atoms with Crippen LogP contribution in [-0.2, 0) is 44.2 Å². The van der Waals surface area contributed by atoms with Crippen LogP contribution in [0.15, 0.2) is 121 Å². The number of non-ortho nitro benzene ring substituents is 1. The first-order valence-corrected chi connectivity index (χ1v) is 23.8. The number of aliphatic hydroxyl groups excluding tert-OH is 1. The number of benzene rings is 5. The number of aryl methyl sites for hydroxylation is 1. The molecule has 0 saturated carbocycles. The molecule has 3 amide bonds. The van der Waals surface area contributed by atoms with Crippen LogP contribution in [0.25, 0.3) is 0 Å². The van der Waals surface area contributed by atoms with Gasteiger partial charge in [-0.2, -0.15) is 0 Å². The molecule has 1 saturated heterocycles. The Morgan fingerprint density at radius 3 is 2.36 bits per heavy atom. The van der Waals surface area contributed by atoms with E-state index in [-0.39, 0.29) is 61.6 Å². The molecule has 61 heavy (non-hydrogen) atoms. The van der Waals surface area contributed by atoms with Crippen molar-refractivity contribution < 1.29 is 33.9 Å². The summed E-state index contributed by atoms with van der Waals surface area (Å²) in [6.07, 6.45) is 0.212. The van der Waals surface area contributed by atoms with Crippen molar-refractivity contribution in [1.82, 2.24) is 4.90 Å². The Kier molecular flexibility index (Phi) is 11.4. The van der Waals surface area contributed by atoms with E-state index in [1.807, 2.05) is 110 Å². The second kappa shape index (κ2) is 16.7. The summed E-state index contributed by atoms with van der Waals surface area (Å²) in [5.41, 5.74) is 2.99. The number of aliphatic hydroxyl groups is 1. The van der Waals surface area contributed by atoms with Gasteiger partial charge in [-0.3, -0.25) is 29.4 Å². The van der Waals surface area contributed by atoms with Crippen LogP contribution in [0.4, 0.5) is 22.7 Å². The number of hydrogen-bond acceptors (Lipinski definition) is 8. The van der Waals surface area contributed by atoms with Crippen LogP contribution >= 0.6 is 0 Å². The largest absolute Gasteiger partial charge is 0.497 e. The molecule has 0 aromatic heterocycles. The third kappa shape index (κ3) is 7.51. The predicted molar refractivity (Wildman–Crippen MR) is 236 cm³/mol. The van der Waals surface area contributed by atoms with Crippen LogP contribution in [0.1, 0.15) is 42.0 Å². The van der Waals surface area contributed by atoms with Gasteiger partial charge in [0.25, 0.3) is 11.6 Å². The van der Waals surface area contributed by atoms with Gasteiger partial charge in [0.1, 0.15) is 5.75 Å². The Morgan fingerprint density at radius 2 is 1.64 bits per heavy atom. The van der Waals surface area contributed by atoms with E-state index in [0.717, 1.165) is 27.6 Å². The van der Waals surface area contributed by atoms with Gasteiger partial charge in [-0.15, -0.1) is 0 Å². The molecule has 8 rings (SSSR count). The van der Waals surface area contributed by atoms with Gasteiger partial charge in [-0.05, 0) is 65.1 Å². The number of nitro groups is 1. The van der Waals surface area contributed by atoms with Crippen LogP contribution in [0.3, 0.4) is 0 Å². The van der Waals surface area contributed by atoms with Crippen molar-refractivity contribution in [3.63, 3.8) is 0 Å². The highest BCUT2D eigenvalue weighted by Crippen LogP contribution is 2.60. The Hall–Kier alpha value is -6.15. The quantitative estimate of drug-likeness (QED) is 0.0736. The first kappa shape index (κ1) is 41.6. The summed E-state index contributed by atoms with van der Waals surface area (Å²) in [6, 6.07) is 37.3. The van der Waals surface area contributed by atoms with E-state index >= 15 is 4.79 Å². The average molecular weight is 839 g/mol. The first-order valence-electron chi connectivity index (χ1n) is 20.7. The Bertz CT molecular complexity index is 2480. The molecule has 3 aliphatic heterocycles. The second-order valence-electron chi connectivity index (χ2n) is 16.8. The standard InChI is InChI=1S/C48H50N4O8Si/c1-32-46(61(3,4)39-21-19-38(59-2)20-22-39)43(29-45(55)49(25-26-53)30-33-11-6-5-7-12-33)60-48(32)40-28-37(52(57)58)18-23-42(40)50(47(48)56)31-34-13-10-15-36(27-34)51-41-16-9-8-14-35(41)17-24-44(51)54/h5-16,18-23,27-28,32,43,46,53H,17,24-26,29-31H2,1-4H3/t32-,43+,46-,48+/m1/s1. The minimum atomic E-state index is -2.68. The lowest BCUT2D eigenvalue weighted by Crippen LogP contribution is -2.52. The molecule has 1 spiro atoms. The molecule has 5 aromatic rings. The van der Waals surface area contributed by atoms with Crippen molar-refractivity contribution in [1.29, 1.82) is 0 Å². The summed E-state index contributed by atoms with van der Waals surface area (Å²) >= 11 is 0. The van der Waals surface area contributed by atoms with Crippen molar-refractivity contribution in [2.24, 2.45) is 5.92 Å². The predicted octanol–water partition coefficient (Wildman–Crippen LogP) is 7.39. The number of fused-ring (bicyclic) bond motifs is 3. The lowest BCUT2D eigenvalue weighted by atomic mass is 9.82. The van der Waals surface area contributed by atoms with E-state index in [9.17, 15) is 24.8 Å². The van der Waals surface area contributed by atoms with Crippen LogP contribution in [-0.4, -0.2) is 67.1 Å². The Labute approximate surface area is 356 Å². The third-order valence-electron chi connectivity index (χ3n) is 12.9. The molecule has 314 valence electrons. The van der Waals surface area contributed by atoms with Crippen molar-refractivity contribution in [3.05, 3.63) is 154 Å². The number of carbonyl (C=O) groups is 3. The zero-order valence-corrected chi connectivity index (χ0v) is 35.8. The van der Waals surface area contributed by atoms with Gasteiger partial charge in [0.15, 0.2) is 5.60 Å². The van der Waals surface area contributed by atoms with Gasteiger partial charge < -0.3 is 24.4 Å². The molecule has 3 heterocycles. The minimum absolute atomic E-state index is 0.0190. The normalized spacial score (nSPS) is 20.8. The summed E-state index contributed by atoms with van der Waals surface area (Å²) in [5, 5.41) is 23.5. The maximum Gasteiger partial charge on any atom is 0.269 e. The van der Waals surface area contributed by atoms with Gasteiger partial charge in [0.05, 0.1) is 57.2 Å². The average Bonchev–Trinajstić information content (AvgIpc) is 3.69. The molecule has 3 aliphatic rings. The molecule has 0 radical (unpaired) electrons. The first-order chi connectivity index (χ1) is 29.4. The maximum absolute atomic E-state index is 15.5.